The zero-order valence-electron chi connectivity index (χ0n) is 13.8. The normalized spacial score (nSPS) is 17.0. The highest BCUT2D eigenvalue weighted by molar-refractivity contribution is 5.93. The SMILES string of the molecule is O=C(NCc1cccnc1)C1CCCN1c1ncnc2ccccc12. The van der Waals surface area contributed by atoms with Gasteiger partial charge in [0.15, 0.2) is 0 Å². The lowest BCUT2D eigenvalue weighted by molar-refractivity contribution is -0.122. The Hall–Kier alpha value is -3.02. The number of nitrogens with one attached hydrogen (secondary N) is 1. The van der Waals surface area contributed by atoms with E-state index in [0.717, 1.165) is 41.7 Å². The number of nitrogens with zero attached hydrogens (tertiary/aromatic N) is 4. The molecule has 1 amide bonds. The minimum atomic E-state index is -0.199. The lowest BCUT2D eigenvalue weighted by Crippen LogP contribution is -2.43. The van der Waals surface area contributed by atoms with Crippen LogP contribution in [0, 0.1) is 0 Å². The number of hydrogen-bond acceptors (Lipinski definition) is 5. The van der Waals surface area contributed by atoms with E-state index in [2.05, 4.69) is 25.2 Å². The third-order valence-corrected chi connectivity index (χ3v) is 4.54. The maximum Gasteiger partial charge on any atom is 0.243 e. The molecule has 1 N–H and O–H groups in total. The van der Waals surface area contributed by atoms with Crippen LogP contribution in [0.25, 0.3) is 10.9 Å². The molecule has 1 unspecified atom stereocenters. The van der Waals surface area contributed by atoms with E-state index < -0.39 is 0 Å². The summed E-state index contributed by atoms with van der Waals surface area (Å²) in [6.07, 6.45) is 6.87. The van der Waals surface area contributed by atoms with Gasteiger partial charge in [0.2, 0.25) is 5.91 Å². The first kappa shape index (κ1) is 15.5. The smallest absolute Gasteiger partial charge is 0.243 e. The number of carbonyl (C=O) groups is 1. The van der Waals surface area contributed by atoms with Crippen molar-refractivity contribution < 1.29 is 4.79 Å². The molecule has 3 aromatic rings. The zero-order chi connectivity index (χ0) is 17.1. The van der Waals surface area contributed by atoms with Crippen LogP contribution in [0.3, 0.4) is 0 Å². The summed E-state index contributed by atoms with van der Waals surface area (Å²) >= 11 is 0. The Morgan fingerprint density at radius 1 is 1.20 bits per heavy atom. The van der Waals surface area contributed by atoms with Crippen LogP contribution in [0.2, 0.25) is 0 Å². The van der Waals surface area contributed by atoms with Gasteiger partial charge >= 0.3 is 0 Å². The van der Waals surface area contributed by atoms with E-state index in [1.807, 2.05) is 36.4 Å². The Morgan fingerprint density at radius 2 is 2.12 bits per heavy atom. The van der Waals surface area contributed by atoms with Crippen LogP contribution < -0.4 is 10.2 Å². The molecule has 2 aromatic heterocycles. The summed E-state index contributed by atoms with van der Waals surface area (Å²) in [5, 5.41) is 4.01. The first-order valence-corrected chi connectivity index (χ1v) is 8.46. The van der Waals surface area contributed by atoms with Crippen molar-refractivity contribution >= 4 is 22.6 Å². The molecule has 1 aromatic carbocycles. The maximum absolute atomic E-state index is 12.7. The van der Waals surface area contributed by atoms with E-state index >= 15 is 0 Å². The zero-order valence-corrected chi connectivity index (χ0v) is 13.8. The minimum Gasteiger partial charge on any atom is -0.350 e. The summed E-state index contributed by atoms with van der Waals surface area (Å²) in [5.74, 6) is 0.869. The molecule has 6 nitrogen and oxygen atoms in total. The number of pyridine rings is 1. The molecule has 0 bridgehead atoms. The second-order valence-corrected chi connectivity index (χ2v) is 6.14. The van der Waals surface area contributed by atoms with Gasteiger partial charge < -0.3 is 10.2 Å². The van der Waals surface area contributed by atoms with E-state index in [0.29, 0.717) is 6.54 Å². The molecule has 0 aliphatic carbocycles. The number of carbonyl (C=O) groups excluding carboxylic acids is 1. The van der Waals surface area contributed by atoms with Gasteiger partial charge in [0, 0.05) is 30.9 Å². The Labute approximate surface area is 145 Å². The van der Waals surface area contributed by atoms with Gasteiger partial charge in [-0.05, 0) is 36.6 Å². The van der Waals surface area contributed by atoms with Gasteiger partial charge in [-0.3, -0.25) is 9.78 Å². The molecular formula is C19H19N5O. The van der Waals surface area contributed by atoms with Crippen molar-refractivity contribution in [2.75, 3.05) is 11.4 Å². The average molecular weight is 333 g/mol. The van der Waals surface area contributed by atoms with E-state index in [9.17, 15) is 4.79 Å². The van der Waals surface area contributed by atoms with Gasteiger partial charge in [-0.2, -0.15) is 0 Å². The molecule has 3 heterocycles. The third kappa shape index (κ3) is 3.15. The molecule has 6 heteroatoms. The summed E-state index contributed by atoms with van der Waals surface area (Å²) in [7, 11) is 0. The number of rotatable bonds is 4. The number of para-hydroxylation sites is 1. The standard InChI is InChI=1S/C19H19N5O/c25-19(21-12-14-5-3-9-20-11-14)17-8-4-10-24(17)18-15-6-1-2-7-16(15)22-13-23-18/h1-3,5-7,9,11,13,17H,4,8,10,12H2,(H,21,25). The van der Waals surface area contributed by atoms with Crippen molar-refractivity contribution in [2.24, 2.45) is 0 Å². The molecular weight excluding hydrogens is 314 g/mol. The van der Waals surface area contributed by atoms with Crippen LogP contribution in [0.15, 0.2) is 55.1 Å². The number of benzene rings is 1. The summed E-state index contributed by atoms with van der Waals surface area (Å²) in [4.78, 5) is 27.7. The van der Waals surface area contributed by atoms with E-state index in [4.69, 9.17) is 0 Å². The van der Waals surface area contributed by atoms with Crippen molar-refractivity contribution in [2.45, 2.75) is 25.4 Å². The van der Waals surface area contributed by atoms with Gasteiger partial charge in [0.1, 0.15) is 18.2 Å². The molecule has 1 atom stereocenters. The van der Waals surface area contributed by atoms with Crippen molar-refractivity contribution in [1.29, 1.82) is 0 Å². The highest BCUT2D eigenvalue weighted by atomic mass is 16.2. The van der Waals surface area contributed by atoms with Gasteiger partial charge in [0.25, 0.3) is 0 Å². The van der Waals surface area contributed by atoms with Crippen LogP contribution in [0.4, 0.5) is 5.82 Å². The second-order valence-electron chi connectivity index (χ2n) is 6.14. The molecule has 1 aliphatic heterocycles. The predicted octanol–water partition coefficient (Wildman–Crippen LogP) is 2.31. The number of aromatic nitrogens is 3. The molecule has 0 saturated carbocycles. The number of anilines is 1. The highest BCUT2D eigenvalue weighted by Crippen LogP contribution is 2.29. The van der Waals surface area contributed by atoms with Gasteiger partial charge in [0.05, 0.1) is 5.52 Å². The Balaban J connectivity index is 1.54. The lowest BCUT2D eigenvalue weighted by atomic mass is 10.1. The average Bonchev–Trinajstić information content (AvgIpc) is 3.16. The Bertz CT molecular complexity index is 878. The molecule has 1 fully saturated rings. The third-order valence-electron chi connectivity index (χ3n) is 4.54. The van der Waals surface area contributed by atoms with Crippen LogP contribution in [-0.4, -0.2) is 33.4 Å². The van der Waals surface area contributed by atoms with E-state index in [-0.39, 0.29) is 11.9 Å². The molecule has 0 spiro atoms. The topological polar surface area (TPSA) is 71.0 Å². The first-order valence-electron chi connectivity index (χ1n) is 8.46. The molecule has 1 saturated heterocycles. The molecule has 1 aliphatic rings. The van der Waals surface area contributed by atoms with Crippen molar-refractivity contribution in [3.05, 3.63) is 60.7 Å². The van der Waals surface area contributed by atoms with Gasteiger partial charge in [-0.25, -0.2) is 9.97 Å². The monoisotopic (exact) mass is 333 g/mol. The largest absolute Gasteiger partial charge is 0.350 e. The Kier molecular flexibility index (Phi) is 4.24. The summed E-state index contributed by atoms with van der Waals surface area (Å²) in [5.41, 5.74) is 1.89. The first-order chi connectivity index (χ1) is 12.3. The van der Waals surface area contributed by atoms with Gasteiger partial charge in [-0.1, -0.05) is 18.2 Å². The van der Waals surface area contributed by atoms with Crippen molar-refractivity contribution in [1.82, 2.24) is 20.3 Å². The molecule has 126 valence electrons. The number of fused-ring (bicyclic) bond motifs is 1. The molecule has 25 heavy (non-hydrogen) atoms. The van der Waals surface area contributed by atoms with E-state index in [1.54, 1.807) is 18.7 Å². The van der Waals surface area contributed by atoms with Crippen LogP contribution >= 0.6 is 0 Å². The van der Waals surface area contributed by atoms with E-state index in [1.165, 1.54) is 0 Å². The fourth-order valence-electron chi connectivity index (χ4n) is 3.32. The van der Waals surface area contributed by atoms with Gasteiger partial charge in [-0.15, -0.1) is 0 Å². The van der Waals surface area contributed by atoms with Crippen LogP contribution in [0.1, 0.15) is 18.4 Å². The van der Waals surface area contributed by atoms with Crippen LogP contribution in [0.5, 0.6) is 0 Å². The molecule has 4 rings (SSSR count). The Morgan fingerprint density at radius 3 is 3.00 bits per heavy atom. The predicted molar refractivity (Wildman–Crippen MR) is 96.0 cm³/mol. The summed E-state index contributed by atoms with van der Waals surface area (Å²) in [6, 6.07) is 11.5. The fraction of sp³-hybridized carbons (Fsp3) is 0.263. The fourth-order valence-corrected chi connectivity index (χ4v) is 3.32. The highest BCUT2D eigenvalue weighted by Gasteiger charge is 2.32. The minimum absolute atomic E-state index is 0.0315. The van der Waals surface area contributed by atoms with Crippen LogP contribution in [-0.2, 0) is 11.3 Å². The molecule has 0 radical (unpaired) electrons. The summed E-state index contributed by atoms with van der Waals surface area (Å²) in [6.45, 7) is 1.31. The number of amides is 1. The maximum atomic E-state index is 12.7. The second kappa shape index (κ2) is 6.84. The number of hydrogen-bond donors (Lipinski definition) is 1. The lowest BCUT2D eigenvalue weighted by Gasteiger charge is -2.25. The quantitative estimate of drug-likeness (QED) is 0.793. The van der Waals surface area contributed by atoms with Crippen molar-refractivity contribution in [3.63, 3.8) is 0 Å². The van der Waals surface area contributed by atoms with Crippen molar-refractivity contribution in [3.8, 4) is 0 Å². The summed E-state index contributed by atoms with van der Waals surface area (Å²) < 4.78 is 0.